The molecule has 0 fully saturated rings. The predicted octanol–water partition coefficient (Wildman–Crippen LogP) is 3.36. The lowest BCUT2D eigenvalue weighted by Gasteiger charge is -2.32. The molecule has 1 amide bonds. The summed E-state index contributed by atoms with van der Waals surface area (Å²) in [4.78, 5) is 12.3. The van der Waals surface area contributed by atoms with E-state index >= 15 is 0 Å². The number of halogens is 6. The molecule has 1 unspecified atom stereocenters. The number of carbonyl (C=O) groups excluding carboxylic acids is 1. The highest BCUT2D eigenvalue weighted by atomic mass is 31.0. The Kier molecular flexibility index (Phi) is 4.56. The topological polar surface area (TPSA) is 29.5 Å². The molecular weight excluding hydrogens is 395 g/mol. The van der Waals surface area contributed by atoms with E-state index in [1.165, 1.54) is 9.24 Å². The summed E-state index contributed by atoms with van der Waals surface area (Å²) < 4.78 is 87.6. The number of carbonyl (C=O) groups is 1. The van der Waals surface area contributed by atoms with Crippen LogP contribution in [-0.2, 0) is 4.79 Å². The molecule has 1 aliphatic rings. The fourth-order valence-corrected chi connectivity index (χ4v) is 2.82. The van der Waals surface area contributed by atoms with E-state index in [9.17, 15) is 31.1 Å². The monoisotopic (exact) mass is 403 g/mol. The van der Waals surface area contributed by atoms with Gasteiger partial charge >= 0.3 is 12.0 Å². The van der Waals surface area contributed by atoms with Gasteiger partial charge in [-0.3, -0.25) is 9.69 Å². The van der Waals surface area contributed by atoms with Gasteiger partial charge in [0, 0.05) is 5.30 Å². The highest BCUT2D eigenvalue weighted by molar-refractivity contribution is 7.27. The Balaban J connectivity index is 2.24. The minimum absolute atomic E-state index is 0.323. The van der Waals surface area contributed by atoms with E-state index in [2.05, 4.69) is 4.74 Å². The van der Waals surface area contributed by atoms with Crippen LogP contribution in [0, 0.1) is 35.6 Å². The van der Waals surface area contributed by atoms with Crippen molar-refractivity contribution in [1.29, 1.82) is 0 Å². The second-order valence-electron chi connectivity index (χ2n) is 5.44. The number of amides is 1. The number of rotatable bonds is 2. The maximum absolute atomic E-state index is 14.2. The molecule has 0 radical (unpaired) electrons. The molecule has 0 bridgehead atoms. The number of terminal acetylenes is 1. The molecule has 3 rings (SSSR count). The molecule has 10 heteroatoms. The summed E-state index contributed by atoms with van der Waals surface area (Å²) in [6.45, 7) is -0.591. The summed E-state index contributed by atoms with van der Waals surface area (Å²) in [6.07, 6.45) is 0.877. The zero-order chi connectivity index (χ0) is 20.1. The lowest BCUT2D eigenvalue weighted by molar-refractivity contribution is -0.192. The molecule has 1 heterocycles. The van der Waals surface area contributed by atoms with Crippen LogP contribution in [0.4, 0.5) is 32.0 Å². The minimum atomic E-state index is -4.19. The van der Waals surface area contributed by atoms with Gasteiger partial charge in [0.25, 0.3) is 0 Å². The predicted molar refractivity (Wildman–Crippen MR) is 87.8 cm³/mol. The van der Waals surface area contributed by atoms with E-state index in [4.69, 9.17) is 6.42 Å². The molecule has 27 heavy (non-hydrogen) atoms. The number of hydrogen-bond donors (Lipinski definition) is 0. The number of hydrogen-bond acceptors (Lipinski definition) is 2. The first-order valence-electron chi connectivity index (χ1n) is 7.18. The number of fused-ring (bicyclic) bond motifs is 1. The lowest BCUT2D eigenvalue weighted by Crippen LogP contribution is -2.50. The van der Waals surface area contributed by atoms with Gasteiger partial charge in [-0.2, -0.15) is 8.78 Å². The Labute approximate surface area is 151 Å². The highest BCUT2D eigenvalue weighted by Crippen LogP contribution is 2.42. The van der Waals surface area contributed by atoms with Crippen molar-refractivity contribution in [2.24, 2.45) is 0 Å². The average molecular weight is 403 g/mol. The lowest BCUT2D eigenvalue weighted by atomic mass is 10.0. The minimum Gasteiger partial charge on any atom is -0.423 e. The number of benzene rings is 2. The van der Waals surface area contributed by atoms with Gasteiger partial charge in [-0.25, -0.2) is 17.6 Å². The highest BCUT2D eigenvalue weighted by Gasteiger charge is 2.50. The summed E-state index contributed by atoms with van der Waals surface area (Å²) >= 11 is 0. The van der Waals surface area contributed by atoms with Crippen molar-refractivity contribution in [2.45, 2.75) is 6.11 Å². The van der Waals surface area contributed by atoms with Crippen LogP contribution in [0.2, 0.25) is 0 Å². The van der Waals surface area contributed by atoms with Crippen LogP contribution in [0.25, 0.3) is 11.1 Å². The van der Waals surface area contributed by atoms with Crippen LogP contribution < -0.4 is 14.9 Å². The third kappa shape index (κ3) is 2.90. The summed E-state index contributed by atoms with van der Waals surface area (Å²) in [7, 11) is 1.54. The van der Waals surface area contributed by atoms with Crippen LogP contribution in [0.1, 0.15) is 0 Å². The fourth-order valence-electron chi connectivity index (χ4n) is 2.57. The second-order valence-corrected chi connectivity index (χ2v) is 6.02. The van der Waals surface area contributed by atoms with Crippen molar-refractivity contribution in [3.8, 4) is 29.2 Å². The van der Waals surface area contributed by atoms with Crippen LogP contribution in [0.5, 0.6) is 5.75 Å². The van der Waals surface area contributed by atoms with Gasteiger partial charge in [-0.05, 0) is 17.7 Å². The van der Waals surface area contributed by atoms with Crippen LogP contribution in [-0.4, -0.2) is 18.6 Å². The van der Waals surface area contributed by atoms with Gasteiger partial charge in [-0.1, -0.05) is 21.2 Å². The zero-order valence-corrected chi connectivity index (χ0v) is 14.3. The SMILES string of the molecule is C#CCN1C(=O)C(F)(F)Oc2ccc(-c3c(F)c(F)c(P)c(F)c3F)cc21. The fraction of sp³-hybridized carbons (Fsp3) is 0.118. The molecule has 2 aromatic rings. The van der Waals surface area contributed by atoms with Crippen LogP contribution in [0.15, 0.2) is 18.2 Å². The van der Waals surface area contributed by atoms with Gasteiger partial charge in [0.15, 0.2) is 29.0 Å². The second kappa shape index (κ2) is 6.46. The molecule has 0 N–H and O–H groups in total. The molecule has 3 nitrogen and oxygen atoms in total. The summed E-state index contributed by atoms with van der Waals surface area (Å²) in [5, 5.41) is -0.932. The van der Waals surface area contributed by atoms with E-state index < -0.39 is 64.0 Å². The number of ether oxygens (including phenoxy) is 1. The van der Waals surface area contributed by atoms with E-state index in [0.29, 0.717) is 4.90 Å². The molecule has 0 aliphatic carbocycles. The van der Waals surface area contributed by atoms with Crippen molar-refractivity contribution in [3.05, 3.63) is 41.5 Å². The van der Waals surface area contributed by atoms with Crippen molar-refractivity contribution < 1.29 is 35.9 Å². The first kappa shape index (κ1) is 19.1. The quantitative estimate of drug-likeness (QED) is 0.333. The normalized spacial score (nSPS) is 15.2. The van der Waals surface area contributed by atoms with Gasteiger partial charge in [0.05, 0.1) is 17.8 Å². The van der Waals surface area contributed by atoms with E-state index in [0.717, 1.165) is 18.2 Å². The van der Waals surface area contributed by atoms with Gasteiger partial charge < -0.3 is 4.74 Å². The standard InChI is InChI=1S/C17H8F6NO2P/c1-2-5-24-8-6-7(3-4-9(8)26-17(22,23)16(24)25)10-11(18)13(20)15(27)14(21)12(10)19/h1,3-4,6H,5,27H2. The van der Waals surface area contributed by atoms with Gasteiger partial charge in [-0.15, -0.1) is 6.42 Å². The first-order valence-corrected chi connectivity index (χ1v) is 7.76. The Bertz CT molecular complexity index is 988. The smallest absolute Gasteiger partial charge is 0.423 e. The van der Waals surface area contributed by atoms with E-state index in [1.807, 2.05) is 5.92 Å². The maximum Gasteiger partial charge on any atom is 0.483 e. The summed E-state index contributed by atoms with van der Waals surface area (Å²) in [5.74, 6) is -6.92. The van der Waals surface area contributed by atoms with Crippen LogP contribution in [0.3, 0.4) is 0 Å². The molecule has 0 aromatic heterocycles. The summed E-state index contributed by atoms with van der Waals surface area (Å²) in [5.41, 5.74) is -1.80. The van der Waals surface area contributed by atoms with E-state index in [-0.39, 0.29) is 5.69 Å². The van der Waals surface area contributed by atoms with E-state index in [1.54, 1.807) is 0 Å². The zero-order valence-electron chi connectivity index (χ0n) is 13.1. The molecule has 140 valence electrons. The molecule has 0 saturated heterocycles. The first-order chi connectivity index (χ1) is 12.6. The number of anilines is 1. The van der Waals surface area contributed by atoms with Crippen molar-refractivity contribution in [2.75, 3.05) is 11.4 Å². The molecule has 0 saturated carbocycles. The average Bonchev–Trinajstić information content (AvgIpc) is 2.62. The summed E-state index contributed by atoms with van der Waals surface area (Å²) in [6, 6.07) is 2.68. The van der Waals surface area contributed by atoms with Crippen molar-refractivity contribution in [3.63, 3.8) is 0 Å². The third-order valence-electron chi connectivity index (χ3n) is 3.82. The van der Waals surface area contributed by atoms with Crippen molar-refractivity contribution >= 4 is 26.1 Å². The Morgan fingerprint density at radius 2 is 1.70 bits per heavy atom. The molecule has 2 aromatic carbocycles. The van der Waals surface area contributed by atoms with Gasteiger partial charge in [0.1, 0.15) is 0 Å². The molecular formula is C17H8F6NO2P. The third-order valence-corrected chi connectivity index (χ3v) is 4.32. The largest absolute Gasteiger partial charge is 0.483 e. The van der Waals surface area contributed by atoms with Crippen LogP contribution >= 0.6 is 9.24 Å². The Morgan fingerprint density at radius 1 is 1.11 bits per heavy atom. The Hall–Kier alpha value is -2.72. The van der Waals surface area contributed by atoms with Gasteiger partial charge in [0.2, 0.25) is 0 Å². The van der Waals surface area contributed by atoms with Crippen molar-refractivity contribution in [1.82, 2.24) is 0 Å². The molecule has 0 spiro atoms. The number of alkyl halides is 2. The molecule has 1 atom stereocenters. The molecule has 1 aliphatic heterocycles. The maximum atomic E-state index is 14.2. The Morgan fingerprint density at radius 3 is 2.26 bits per heavy atom. The number of nitrogens with zero attached hydrogens (tertiary/aromatic N) is 1.